The molecule has 3 unspecified atom stereocenters. The van der Waals surface area contributed by atoms with Crippen LogP contribution in [-0.4, -0.2) is 65.7 Å². The van der Waals surface area contributed by atoms with E-state index < -0.39 is 58.4 Å². The highest BCUT2D eigenvalue weighted by atomic mass is 31.2. The van der Waals surface area contributed by atoms with Crippen molar-refractivity contribution in [2.24, 2.45) is 0 Å². The second-order valence-corrected chi connectivity index (χ2v) is 15.4. The standard InChI is InChI=1S/C44H77O10P/c1-3-5-7-9-11-13-15-17-19-20-22-24-26-28-30-32-34-36-44(48)54-42(38-46)40-52-55(49,50)51-39-41(37-45)53-43(47)35-33-31-29-27-25-23-21-18-16-14-12-10-8-6-4-2/h5,7,11,13,17-19,21-22,24,41-42,45-46H,3-4,6,8-10,12,14-16,20,23,25-40H2,1-2H3,(H,49,50)/b7-5-,13-11-,19-17-,21-18-,24-22-. The molecule has 0 bridgehead atoms. The monoisotopic (exact) mass is 797 g/mol. The zero-order valence-electron chi connectivity index (χ0n) is 34.4. The van der Waals surface area contributed by atoms with Gasteiger partial charge in [-0.05, 0) is 77.0 Å². The molecule has 0 aliphatic heterocycles. The molecule has 0 saturated heterocycles. The molecule has 0 aromatic carbocycles. The topological polar surface area (TPSA) is 149 Å². The summed E-state index contributed by atoms with van der Waals surface area (Å²) in [7, 11) is -4.65. The van der Waals surface area contributed by atoms with Crippen LogP contribution < -0.4 is 0 Å². The van der Waals surface area contributed by atoms with Crippen molar-refractivity contribution in [3.63, 3.8) is 0 Å². The number of phosphoric acid groups is 1. The first kappa shape index (κ1) is 52.7. The number of hydrogen-bond acceptors (Lipinski definition) is 9. The Morgan fingerprint density at radius 1 is 0.509 bits per heavy atom. The van der Waals surface area contributed by atoms with Crippen molar-refractivity contribution >= 4 is 19.8 Å². The van der Waals surface area contributed by atoms with Gasteiger partial charge in [0, 0.05) is 12.8 Å². The molecule has 10 nitrogen and oxygen atoms in total. The molecule has 3 atom stereocenters. The molecule has 0 heterocycles. The van der Waals surface area contributed by atoms with Crippen molar-refractivity contribution in [1.29, 1.82) is 0 Å². The molecule has 0 aliphatic rings. The average Bonchev–Trinajstić information content (AvgIpc) is 3.17. The molecule has 0 radical (unpaired) electrons. The normalized spacial score (nSPS) is 14.5. The van der Waals surface area contributed by atoms with Gasteiger partial charge < -0.3 is 24.6 Å². The lowest BCUT2D eigenvalue weighted by atomic mass is 10.1. The van der Waals surface area contributed by atoms with E-state index >= 15 is 0 Å². The molecule has 3 N–H and O–H groups in total. The predicted octanol–water partition coefficient (Wildman–Crippen LogP) is 11.1. The van der Waals surface area contributed by atoms with Crippen molar-refractivity contribution in [2.75, 3.05) is 26.4 Å². The number of aliphatic hydroxyl groups is 2. The Labute approximate surface area is 334 Å². The Morgan fingerprint density at radius 2 is 0.855 bits per heavy atom. The van der Waals surface area contributed by atoms with Crippen LogP contribution in [0.3, 0.4) is 0 Å². The van der Waals surface area contributed by atoms with E-state index in [9.17, 15) is 29.3 Å². The van der Waals surface area contributed by atoms with Crippen LogP contribution in [-0.2, 0) is 32.7 Å². The molecule has 0 aliphatic carbocycles. The SMILES string of the molecule is CC/C=C\C/C=C\C/C=C\C/C=C\CCCCCCC(=O)OC(CO)COP(=O)(O)OCC(CO)OC(=O)CCCCCCC/C=C\CCCCCCCC. The Bertz CT molecular complexity index is 1100. The minimum atomic E-state index is -4.65. The minimum absolute atomic E-state index is 0.161. The molecule has 0 aromatic heterocycles. The Balaban J connectivity index is 3.99. The summed E-state index contributed by atoms with van der Waals surface area (Å²) in [5, 5.41) is 19.1. The van der Waals surface area contributed by atoms with Crippen molar-refractivity contribution < 1.29 is 47.8 Å². The third kappa shape index (κ3) is 38.3. The van der Waals surface area contributed by atoms with Gasteiger partial charge in [0.15, 0.2) is 0 Å². The maximum absolute atomic E-state index is 12.4. The predicted molar refractivity (Wildman–Crippen MR) is 224 cm³/mol. The summed E-state index contributed by atoms with van der Waals surface area (Å²) in [5.74, 6) is -1.05. The fourth-order valence-corrected chi connectivity index (χ4v) is 6.24. The number of aliphatic hydroxyl groups excluding tert-OH is 2. The first-order valence-corrected chi connectivity index (χ1v) is 22.7. The van der Waals surface area contributed by atoms with Crippen LogP contribution >= 0.6 is 7.82 Å². The van der Waals surface area contributed by atoms with Crippen LogP contribution in [0.5, 0.6) is 0 Å². The van der Waals surface area contributed by atoms with Crippen LogP contribution in [0, 0.1) is 0 Å². The van der Waals surface area contributed by atoms with Crippen molar-refractivity contribution in [2.45, 2.75) is 180 Å². The van der Waals surface area contributed by atoms with Crippen molar-refractivity contribution in [1.82, 2.24) is 0 Å². The Morgan fingerprint density at radius 3 is 1.25 bits per heavy atom. The lowest BCUT2D eigenvalue weighted by Crippen LogP contribution is -2.28. The maximum Gasteiger partial charge on any atom is 0.472 e. The van der Waals surface area contributed by atoms with Crippen molar-refractivity contribution in [3.8, 4) is 0 Å². The molecule has 0 spiro atoms. The van der Waals surface area contributed by atoms with E-state index in [0.29, 0.717) is 12.8 Å². The van der Waals surface area contributed by atoms with Gasteiger partial charge in [-0.3, -0.25) is 18.6 Å². The van der Waals surface area contributed by atoms with Gasteiger partial charge in [-0.15, -0.1) is 0 Å². The number of carbonyl (C=O) groups excluding carboxylic acids is 2. The first-order chi connectivity index (χ1) is 26.8. The molecule has 0 fully saturated rings. The number of hydrogen-bond donors (Lipinski definition) is 3. The number of allylic oxidation sites excluding steroid dienone is 10. The van der Waals surface area contributed by atoms with E-state index in [1.807, 2.05) is 0 Å². The Hall–Kier alpha value is -2.33. The lowest BCUT2D eigenvalue weighted by molar-refractivity contribution is -0.153. The largest absolute Gasteiger partial charge is 0.472 e. The van der Waals surface area contributed by atoms with Gasteiger partial charge in [0.2, 0.25) is 0 Å². The highest BCUT2D eigenvalue weighted by Gasteiger charge is 2.27. The van der Waals surface area contributed by atoms with Crippen LogP contribution in [0.4, 0.5) is 0 Å². The summed E-state index contributed by atoms with van der Waals surface area (Å²) in [5.41, 5.74) is 0. The average molecular weight is 797 g/mol. The molecule has 318 valence electrons. The zero-order chi connectivity index (χ0) is 40.5. The van der Waals surface area contributed by atoms with E-state index in [0.717, 1.165) is 89.9 Å². The number of unbranched alkanes of at least 4 members (excludes halogenated alkanes) is 15. The summed E-state index contributed by atoms with van der Waals surface area (Å²) in [6.07, 6.45) is 43.3. The Kier molecular flexibility index (Phi) is 38.2. The quantitative estimate of drug-likeness (QED) is 0.0237. The maximum atomic E-state index is 12.4. The van der Waals surface area contributed by atoms with Gasteiger partial charge in [0.05, 0.1) is 26.4 Å². The van der Waals surface area contributed by atoms with E-state index in [1.54, 1.807) is 0 Å². The molecular weight excluding hydrogens is 719 g/mol. The molecule has 55 heavy (non-hydrogen) atoms. The zero-order valence-corrected chi connectivity index (χ0v) is 35.3. The summed E-state index contributed by atoms with van der Waals surface area (Å²) in [6, 6.07) is 0. The van der Waals surface area contributed by atoms with Gasteiger partial charge >= 0.3 is 19.8 Å². The lowest BCUT2D eigenvalue weighted by Gasteiger charge is -2.20. The molecule has 0 saturated carbocycles. The second-order valence-electron chi connectivity index (χ2n) is 13.9. The summed E-state index contributed by atoms with van der Waals surface area (Å²) < 4.78 is 32.5. The fourth-order valence-electron chi connectivity index (χ4n) is 5.45. The smallest absolute Gasteiger partial charge is 0.457 e. The molecule has 0 amide bonds. The molecule has 0 aromatic rings. The van der Waals surface area contributed by atoms with Crippen LogP contribution in [0.2, 0.25) is 0 Å². The van der Waals surface area contributed by atoms with Gasteiger partial charge in [0.1, 0.15) is 12.2 Å². The fraction of sp³-hybridized carbons (Fsp3) is 0.727. The van der Waals surface area contributed by atoms with Crippen LogP contribution in [0.25, 0.3) is 0 Å². The van der Waals surface area contributed by atoms with E-state index in [2.05, 4.69) is 74.6 Å². The van der Waals surface area contributed by atoms with E-state index in [4.69, 9.17) is 18.5 Å². The molecule has 11 heteroatoms. The van der Waals surface area contributed by atoms with Gasteiger partial charge in [-0.2, -0.15) is 0 Å². The molecular formula is C44H77O10P. The number of phosphoric ester groups is 1. The van der Waals surface area contributed by atoms with Crippen LogP contribution in [0.15, 0.2) is 60.8 Å². The number of esters is 2. The number of ether oxygens (including phenoxy) is 2. The van der Waals surface area contributed by atoms with Gasteiger partial charge in [-0.25, -0.2) is 4.57 Å². The van der Waals surface area contributed by atoms with Crippen LogP contribution in [0.1, 0.15) is 168 Å². The van der Waals surface area contributed by atoms with E-state index in [1.165, 1.54) is 38.5 Å². The van der Waals surface area contributed by atoms with E-state index in [-0.39, 0.29) is 12.8 Å². The number of rotatable bonds is 39. The third-order valence-electron chi connectivity index (χ3n) is 8.71. The second kappa shape index (κ2) is 39.9. The third-order valence-corrected chi connectivity index (χ3v) is 9.66. The van der Waals surface area contributed by atoms with Gasteiger partial charge in [0.25, 0.3) is 0 Å². The first-order valence-electron chi connectivity index (χ1n) is 21.2. The summed E-state index contributed by atoms with van der Waals surface area (Å²) >= 11 is 0. The highest BCUT2D eigenvalue weighted by Crippen LogP contribution is 2.43. The minimum Gasteiger partial charge on any atom is -0.457 e. The summed E-state index contributed by atoms with van der Waals surface area (Å²) in [4.78, 5) is 34.5. The summed E-state index contributed by atoms with van der Waals surface area (Å²) in [6.45, 7) is 2.04. The van der Waals surface area contributed by atoms with Gasteiger partial charge in [-0.1, -0.05) is 139 Å². The number of carbonyl (C=O) groups is 2. The highest BCUT2D eigenvalue weighted by molar-refractivity contribution is 7.47. The molecule has 0 rings (SSSR count). The van der Waals surface area contributed by atoms with Crippen molar-refractivity contribution in [3.05, 3.63) is 60.8 Å².